The Morgan fingerprint density at radius 2 is 2.07 bits per heavy atom. The molecule has 1 atom stereocenters. The molecule has 1 N–H and O–H groups in total. The van der Waals surface area contributed by atoms with Crippen LogP contribution in [0.3, 0.4) is 0 Å². The second kappa shape index (κ2) is 5.40. The number of aliphatic hydroxyl groups excluding tert-OH is 1. The Labute approximate surface area is 84.0 Å². The molecule has 0 heterocycles. The highest BCUT2D eigenvalue weighted by molar-refractivity contribution is 5.61. The number of nitrogens with zero attached hydrogens (tertiary/aromatic N) is 1. The van der Waals surface area contributed by atoms with E-state index >= 15 is 0 Å². The van der Waals surface area contributed by atoms with Crippen molar-refractivity contribution in [3.8, 4) is 0 Å². The lowest BCUT2D eigenvalue weighted by atomic mass is 10.2. The highest BCUT2D eigenvalue weighted by Crippen LogP contribution is 2.12. The lowest BCUT2D eigenvalue weighted by molar-refractivity contribution is -0.106. The topological polar surface area (TPSA) is 40.5 Å². The van der Waals surface area contributed by atoms with E-state index in [4.69, 9.17) is 0 Å². The standard InChI is InChI=1S/C11H15NO2/c1-10(14)9-12(7-8-13)11-5-3-2-4-6-11/h2-6,8,10,14H,7,9H2,1H3/t10-/m0/s1. The van der Waals surface area contributed by atoms with Crippen molar-refractivity contribution in [3.05, 3.63) is 30.3 Å². The zero-order valence-corrected chi connectivity index (χ0v) is 8.26. The third-order valence-corrected chi connectivity index (χ3v) is 1.90. The molecule has 3 nitrogen and oxygen atoms in total. The van der Waals surface area contributed by atoms with Gasteiger partial charge in [0.2, 0.25) is 0 Å². The van der Waals surface area contributed by atoms with Crippen molar-refractivity contribution < 1.29 is 9.90 Å². The summed E-state index contributed by atoms with van der Waals surface area (Å²) in [5.74, 6) is 0. The number of carbonyl (C=O) groups excluding carboxylic acids is 1. The minimum Gasteiger partial charge on any atom is -0.392 e. The lowest BCUT2D eigenvalue weighted by Crippen LogP contribution is -2.32. The molecule has 1 rings (SSSR count). The zero-order chi connectivity index (χ0) is 10.4. The molecule has 0 unspecified atom stereocenters. The molecule has 0 saturated heterocycles. The van der Waals surface area contributed by atoms with Crippen LogP contribution in [0.2, 0.25) is 0 Å². The van der Waals surface area contributed by atoms with Crippen LogP contribution in [0.15, 0.2) is 30.3 Å². The van der Waals surface area contributed by atoms with Gasteiger partial charge in [0.25, 0.3) is 0 Å². The van der Waals surface area contributed by atoms with Crippen LogP contribution in [0.1, 0.15) is 6.92 Å². The van der Waals surface area contributed by atoms with Gasteiger partial charge in [-0.1, -0.05) is 18.2 Å². The number of aldehydes is 1. The van der Waals surface area contributed by atoms with E-state index in [2.05, 4.69) is 0 Å². The quantitative estimate of drug-likeness (QED) is 0.711. The minimum absolute atomic E-state index is 0.314. The van der Waals surface area contributed by atoms with Gasteiger partial charge < -0.3 is 14.8 Å². The van der Waals surface area contributed by atoms with Gasteiger partial charge in [0.1, 0.15) is 6.29 Å². The first-order chi connectivity index (χ1) is 6.74. The van der Waals surface area contributed by atoms with Gasteiger partial charge in [-0.2, -0.15) is 0 Å². The molecule has 1 aromatic carbocycles. The number of anilines is 1. The summed E-state index contributed by atoms with van der Waals surface area (Å²) in [6.45, 7) is 2.50. The van der Waals surface area contributed by atoms with Crippen LogP contribution in [0.4, 0.5) is 5.69 Å². The maximum Gasteiger partial charge on any atom is 0.139 e. The molecule has 76 valence electrons. The van der Waals surface area contributed by atoms with E-state index < -0.39 is 6.10 Å². The summed E-state index contributed by atoms with van der Waals surface area (Å²) >= 11 is 0. The van der Waals surface area contributed by atoms with Crippen molar-refractivity contribution in [2.45, 2.75) is 13.0 Å². The summed E-state index contributed by atoms with van der Waals surface area (Å²) in [7, 11) is 0. The third kappa shape index (κ3) is 3.18. The van der Waals surface area contributed by atoms with Crippen molar-refractivity contribution in [2.24, 2.45) is 0 Å². The number of hydrogen-bond donors (Lipinski definition) is 1. The number of carbonyl (C=O) groups is 1. The fourth-order valence-electron chi connectivity index (χ4n) is 1.33. The van der Waals surface area contributed by atoms with Gasteiger partial charge in [-0.15, -0.1) is 0 Å². The first-order valence-corrected chi connectivity index (χ1v) is 4.65. The Morgan fingerprint density at radius 3 is 2.57 bits per heavy atom. The van der Waals surface area contributed by atoms with E-state index in [1.54, 1.807) is 6.92 Å². The van der Waals surface area contributed by atoms with Crippen LogP contribution in [0, 0.1) is 0 Å². The van der Waals surface area contributed by atoms with Gasteiger partial charge in [-0.25, -0.2) is 0 Å². The number of hydrogen-bond acceptors (Lipinski definition) is 3. The number of para-hydroxylation sites is 1. The van der Waals surface area contributed by atoms with E-state index in [0.29, 0.717) is 13.1 Å². The maximum atomic E-state index is 10.4. The molecule has 0 amide bonds. The molecule has 0 aliphatic carbocycles. The summed E-state index contributed by atoms with van der Waals surface area (Å²) < 4.78 is 0. The minimum atomic E-state index is -0.435. The highest BCUT2D eigenvalue weighted by Gasteiger charge is 2.07. The van der Waals surface area contributed by atoms with Crippen LogP contribution in [0.25, 0.3) is 0 Å². The molecule has 1 aromatic rings. The maximum absolute atomic E-state index is 10.4. The third-order valence-electron chi connectivity index (χ3n) is 1.90. The first-order valence-electron chi connectivity index (χ1n) is 4.65. The molecule has 0 aromatic heterocycles. The monoisotopic (exact) mass is 193 g/mol. The molecule has 0 aliphatic heterocycles. The molecule has 0 aliphatic rings. The Hall–Kier alpha value is -1.35. The summed E-state index contributed by atoms with van der Waals surface area (Å²) in [5, 5.41) is 9.25. The molecule has 0 saturated carbocycles. The van der Waals surface area contributed by atoms with Crippen LogP contribution in [-0.4, -0.2) is 30.6 Å². The normalized spacial score (nSPS) is 12.1. The number of aliphatic hydroxyl groups is 1. The molecular formula is C11H15NO2. The fraction of sp³-hybridized carbons (Fsp3) is 0.364. The van der Waals surface area contributed by atoms with E-state index in [-0.39, 0.29) is 0 Å². The summed E-state index contributed by atoms with van der Waals surface area (Å²) in [5.41, 5.74) is 0.959. The molecule has 0 bridgehead atoms. The summed E-state index contributed by atoms with van der Waals surface area (Å²) in [6, 6.07) is 9.59. The largest absolute Gasteiger partial charge is 0.392 e. The van der Waals surface area contributed by atoms with Crippen LogP contribution >= 0.6 is 0 Å². The Morgan fingerprint density at radius 1 is 1.43 bits per heavy atom. The molecule has 0 fully saturated rings. The summed E-state index contributed by atoms with van der Waals surface area (Å²) in [6.07, 6.45) is 0.408. The molecule has 0 spiro atoms. The predicted molar refractivity (Wildman–Crippen MR) is 56.4 cm³/mol. The van der Waals surface area contributed by atoms with Crippen LogP contribution < -0.4 is 4.90 Å². The van der Waals surface area contributed by atoms with Crippen molar-refractivity contribution in [1.82, 2.24) is 0 Å². The molecular weight excluding hydrogens is 178 g/mol. The second-order valence-corrected chi connectivity index (χ2v) is 3.26. The van der Waals surface area contributed by atoms with Gasteiger partial charge >= 0.3 is 0 Å². The molecule has 14 heavy (non-hydrogen) atoms. The number of benzene rings is 1. The van der Waals surface area contributed by atoms with Crippen LogP contribution in [0.5, 0.6) is 0 Å². The van der Waals surface area contributed by atoms with Crippen molar-refractivity contribution in [1.29, 1.82) is 0 Å². The molecule has 0 radical (unpaired) electrons. The second-order valence-electron chi connectivity index (χ2n) is 3.26. The first kappa shape index (κ1) is 10.7. The predicted octanol–water partition coefficient (Wildman–Crippen LogP) is 1.07. The zero-order valence-electron chi connectivity index (χ0n) is 8.26. The SMILES string of the molecule is C[C@H](O)CN(CC=O)c1ccccc1. The van der Waals surface area contributed by atoms with E-state index in [9.17, 15) is 9.90 Å². The van der Waals surface area contributed by atoms with Gasteiger partial charge in [0.05, 0.1) is 12.6 Å². The highest BCUT2D eigenvalue weighted by atomic mass is 16.3. The van der Waals surface area contributed by atoms with Crippen molar-refractivity contribution in [2.75, 3.05) is 18.0 Å². The van der Waals surface area contributed by atoms with Crippen molar-refractivity contribution in [3.63, 3.8) is 0 Å². The lowest BCUT2D eigenvalue weighted by Gasteiger charge is -2.23. The van der Waals surface area contributed by atoms with Gasteiger partial charge in [0.15, 0.2) is 0 Å². The number of rotatable bonds is 5. The van der Waals surface area contributed by atoms with E-state index in [1.807, 2.05) is 35.2 Å². The Bertz CT molecular complexity index is 272. The van der Waals surface area contributed by atoms with Gasteiger partial charge in [-0.3, -0.25) is 0 Å². The van der Waals surface area contributed by atoms with Crippen LogP contribution in [-0.2, 0) is 4.79 Å². The smallest absolute Gasteiger partial charge is 0.139 e. The van der Waals surface area contributed by atoms with Crippen molar-refractivity contribution >= 4 is 12.0 Å². The van der Waals surface area contributed by atoms with E-state index in [0.717, 1.165) is 12.0 Å². The molecule has 3 heteroatoms. The average Bonchev–Trinajstić information content (AvgIpc) is 2.18. The van der Waals surface area contributed by atoms with Gasteiger partial charge in [0, 0.05) is 12.2 Å². The van der Waals surface area contributed by atoms with E-state index in [1.165, 1.54) is 0 Å². The van der Waals surface area contributed by atoms with Gasteiger partial charge in [-0.05, 0) is 19.1 Å². The Kier molecular flexibility index (Phi) is 4.13. The Balaban J connectivity index is 2.72. The summed E-state index contributed by atoms with van der Waals surface area (Å²) in [4.78, 5) is 12.3. The fourth-order valence-corrected chi connectivity index (χ4v) is 1.33. The average molecular weight is 193 g/mol.